The first-order valence-electron chi connectivity index (χ1n) is 10.7. The van der Waals surface area contributed by atoms with Crippen molar-refractivity contribution in [3.63, 3.8) is 0 Å². The predicted molar refractivity (Wildman–Crippen MR) is 128 cm³/mol. The molecule has 0 radical (unpaired) electrons. The molecule has 0 unspecified atom stereocenters. The Balaban J connectivity index is 2.52. The van der Waals surface area contributed by atoms with E-state index in [9.17, 15) is 19.1 Å². The Morgan fingerprint density at radius 3 is 2.40 bits per heavy atom. The van der Waals surface area contributed by atoms with Crippen LogP contribution in [0, 0.1) is 17.1 Å². The number of aliphatic hydroxyl groups is 1. The summed E-state index contributed by atoms with van der Waals surface area (Å²) in [6.45, 7) is 3.67. The van der Waals surface area contributed by atoms with Crippen molar-refractivity contribution in [1.82, 2.24) is 14.7 Å². The SMILES string of the molecule is C=N/C(=C(/C(=O)N(C)CCCO)N(COc1ccc(C#N)cc1)Cc1ccc(F)cc1)N(C)C=O. The summed E-state index contributed by atoms with van der Waals surface area (Å²) >= 11 is 0. The van der Waals surface area contributed by atoms with Gasteiger partial charge < -0.3 is 24.5 Å². The van der Waals surface area contributed by atoms with Gasteiger partial charge in [-0.1, -0.05) is 12.1 Å². The minimum absolute atomic E-state index is 0.00592. The third-order valence-corrected chi connectivity index (χ3v) is 5.03. The van der Waals surface area contributed by atoms with Gasteiger partial charge in [0.25, 0.3) is 5.91 Å². The number of nitriles is 1. The fraction of sp³-hybridized carbons (Fsp3) is 0.280. The van der Waals surface area contributed by atoms with E-state index in [-0.39, 0.29) is 37.9 Å². The summed E-state index contributed by atoms with van der Waals surface area (Å²) in [7, 11) is 3.01. The smallest absolute Gasteiger partial charge is 0.273 e. The highest BCUT2D eigenvalue weighted by atomic mass is 19.1. The highest BCUT2D eigenvalue weighted by Gasteiger charge is 2.27. The number of hydrogen-bond acceptors (Lipinski definition) is 7. The molecule has 0 aliphatic carbocycles. The van der Waals surface area contributed by atoms with Crippen molar-refractivity contribution in [2.45, 2.75) is 13.0 Å². The number of carbonyl (C=O) groups is 2. The van der Waals surface area contributed by atoms with E-state index in [4.69, 9.17) is 10.00 Å². The molecule has 0 heterocycles. The Hall–Kier alpha value is -4.23. The Labute approximate surface area is 204 Å². The van der Waals surface area contributed by atoms with Crippen LogP contribution in [0.1, 0.15) is 17.5 Å². The molecule has 0 bridgehead atoms. The Morgan fingerprint density at radius 2 is 1.86 bits per heavy atom. The number of likely N-dealkylation sites (N-methyl/N-ethyl adjacent to an activating group) is 1. The number of amides is 2. The van der Waals surface area contributed by atoms with Crippen molar-refractivity contribution in [1.29, 1.82) is 5.26 Å². The van der Waals surface area contributed by atoms with Crippen LogP contribution in [0.25, 0.3) is 0 Å². The standard InChI is InChI=1S/C25H28FN5O4/c1-28-24(30(3)17-33)23(25(34)29(2)13-4-14-32)31(16-20-5-9-21(26)10-6-20)18-35-22-11-7-19(15-27)8-12-22/h5-12,17,32H,1,4,13-14,16,18H2,2-3H3/b24-23+. The highest BCUT2D eigenvalue weighted by Crippen LogP contribution is 2.22. The molecule has 0 fully saturated rings. The number of nitrogens with zero attached hydrogens (tertiary/aromatic N) is 5. The number of rotatable bonds is 13. The zero-order valence-corrected chi connectivity index (χ0v) is 19.7. The lowest BCUT2D eigenvalue weighted by atomic mass is 10.2. The van der Waals surface area contributed by atoms with Gasteiger partial charge in [-0.25, -0.2) is 9.38 Å². The summed E-state index contributed by atoms with van der Waals surface area (Å²) in [6.07, 6.45) is 0.859. The van der Waals surface area contributed by atoms with E-state index in [1.165, 1.54) is 24.1 Å². The average molecular weight is 482 g/mol. The minimum atomic E-state index is -0.472. The van der Waals surface area contributed by atoms with Gasteiger partial charge in [0.1, 0.15) is 17.3 Å². The molecule has 1 N–H and O–H groups in total. The third-order valence-electron chi connectivity index (χ3n) is 5.03. The first kappa shape index (κ1) is 27.0. The monoisotopic (exact) mass is 481 g/mol. The number of ether oxygens (including phenoxy) is 1. The molecule has 2 aromatic rings. The first-order valence-corrected chi connectivity index (χ1v) is 10.7. The normalized spacial score (nSPS) is 11.1. The maximum absolute atomic E-state index is 13.5. The molecular weight excluding hydrogens is 453 g/mol. The summed E-state index contributed by atoms with van der Waals surface area (Å²) in [6, 6.07) is 14.2. The van der Waals surface area contributed by atoms with Crippen molar-refractivity contribution >= 4 is 19.0 Å². The van der Waals surface area contributed by atoms with Crippen LogP contribution < -0.4 is 4.74 Å². The zero-order chi connectivity index (χ0) is 25.8. The average Bonchev–Trinajstić information content (AvgIpc) is 2.89. The molecule has 0 spiro atoms. The van der Waals surface area contributed by atoms with Gasteiger partial charge in [-0.3, -0.25) is 9.59 Å². The third kappa shape index (κ3) is 7.65. The highest BCUT2D eigenvalue weighted by molar-refractivity contribution is 5.93. The predicted octanol–water partition coefficient (Wildman–Crippen LogP) is 2.33. The summed E-state index contributed by atoms with van der Waals surface area (Å²) in [5, 5.41) is 18.2. The molecular formula is C25H28FN5O4. The van der Waals surface area contributed by atoms with Crippen LogP contribution in [0.2, 0.25) is 0 Å². The second kappa shape index (κ2) is 13.5. The molecule has 35 heavy (non-hydrogen) atoms. The lowest BCUT2D eigenvalue weighted by Gasteiger charge is -2.31. The van der Waals surface area contributed by atoms with E-state index in [0.29, 0.717) is 29.7 Å². The number of hydrogen-bond donors (Lipinski definition) is 1. The maximum atomic E-state index is 13.5. The molecule has 2 amide bonds. The largest absolute Gasteiger partial charge is 0.473 e. The van der Waals surface area contributed by atoms with E-state index < -0.39 is 11.7 Å². The fourth-order valence-corrected chi connectivity index (χ4v) is 3.14. The molecule has 2 rings (SSSR count). The molecule has 9 nitrogen and oxygen atoms in total. The van der Waals surface area contributed by atoms with Gasteiger partial charge in [-0.05, 0) is 55.1 Å². The van der Waals surface area contributed by atoms with E-state index in [1.807, 2.05) is 6.07 Å². The van der Waals surface area contributed by atoms with Crippen molar-refractivity contribution in [3.05, 3.63) is 77.0 Å². The molecule has 0 saturated carbocycles. The van der Waals surface area contributed by atoms with Gasteiger partial charge >= 0.3 is 0 Å². The topological polar surface area (TPSA) is 109 Å². The summed E-state index contributed by atoms with van der Waals surface area (Å²) in [4.78, 5) is 33.1. The number of carbonyl (C=O) groups excluding carboxylic acids is 2. The Bertz CT molecular complexity index is 1080. The van der Waals surface area contributed by atoms with Crippen molar-refractivity contribution in [3.8, 4) is 11.8 Å². The lowest BCUT2D eigenvalue weighted by Crippen LogP contribution is -2.41. The molecule has 0 atom stereocenters. The van der Waals surface area contributed by atoms with Gasteiger partial charge in [-0.15, -0.1) is 0 Å². The van der Waals surface area contributed by atoms with Crippen molar-refractivity contribution in [2.75, 3.05) is 34.0 Å². The number of benzene rings is 2. The van der Waals surface area contributed by atoms with Gasteiger partial charge in [0, 0.05) is 33.8 Å². The fourth-order valence-electron chi connectivity index (χ4n) is 3.14. The summed E-state index contributed by atoms with van der Waals surface area (Å²) < 4.78 is 19.4. The van der Waals surface area contributed by atoms with Crippen LogP contribution >= 0.6 is 0 Å². The second-order valence-corrected chi connectivity index (χ2v) is 7.58. The molecule has 10 heteroatoms. The summed E-state index contributed by atoms with van der Waals surface area (Å²) in [5.74, 6) is -0.421. The molecule has 0 saturated heterocycles. The van der Waals surface area contributed by atoms with Crippen LogP contribution in [0.4, 0.5) is 4.39 Å². The van der Waals surface area contributed by atoms with Gasteiger partial charge in [0.05, 0.1) is 11.6 Å². The minimum Gasteiger partial charge on any atom is -0.473 e. The first-order chi connectivity index (χ1) is 16.8. The second-order valence-electron chi connectivity index (χ2n) is 7.58. The Morgan fingerprint density at radius 1 is 1.20 bits per heavy atom. The van der Waals surface area contributed by atoms with Crippen LogP contribution in [-0.2, 0) is 16.1 Å². The zero-order valence-electron chi connectivity index (χ0n) is 19.7. The maximum Gasteiger partial charge on any atom is 0.273 e. The van der Waals surface area contributed by atoms with Gasteiger partial charge in [-0.2, -0.15) is 5.26 Å². The van der Waals surface area contributed by atoms with Gasteiger partial charge in [0.15, 0.2) is 12.6 Å². The van der Waals surface area contributed by atoms with Crippen LogP contribution in [-0.4, -0.2) is 72.8 Å². The van der Waals surface area contributed by atoms with Crippen LogP contribution in [0.15, 0.2) is 65.0 Å². The Kier molecular flexibility index (Phi) is 10.4. The van der Waals surface area contributed by atoms with E-state index >= 15 is 0 Å². The number of aliphatic imine (C=N–C) groups is 1. The molecule has 0 aliphatic heterocycles. The molecule has 2 aromatic carbocycles. The van der Waals surface area contributed by atoms with Crippen LogP contribution in [0.5, 0.6) is 5.75 Å². The molecule has 0 aromatic heterocycles. The number of halogens is 1. The lowest BCUT2D eigenvalue weighted by molar-refractivity contribution is -0.128. The number of aliphatic hydroxyl groups excluding tert-OH is 1. The molecule has 0 aliphatic rings. The van der Waals surface area contributed by atoms with E-state index in [1.54, 1.807) is 48.3 Å². The van der Waals surface area contributed by atoms with E-state index in [0.717, 1.165) is 4.90 Å². The van der Waals surface area contributed by atoms with Crippen molar-refractivity contribution in [2.24, 2.45) is 4.99 Å². The van der Waals surface area contributed by atoms with Crippen LogP contribution in [0.3, 0.4) is 0 Å². The molecule has 184 valence electrons. The van der Waals surface area contributed by atoms with Crippen molar-refractivity contribution < 1.29 is 23.8 Å². The van der Waals surface area contributed by atoms with E-state index in [2.05, 4.69) is 11.7 Å². The quantitative estimate of drug-likeness (QED) is 0.204. The summed E-state index contributed by atoms with van der Waals surface area (Å²) in [5.41, 5.74) is 1.18. The van der Waals surface area contributed by atoms with Gasteiger partial charge in [0.2, 0.25) is 6.41 Å².